The van der Waals surface area contributed by atoms with E-state index in [4.69, 9.17) is 5.73 Å². The molecule has 0 atom stereocenters. The molecular weight excluding hydrogens is 266 g/mol. The third kappa shape index (κ3) is 3.16. The number of aromatic nitrogens is 2. The summed E-state index contributed by atoms with van der Waals surface area (Å²) in [6.07, 6.45) is 7.30. The molecule has 3 N–H and O–H groups in total. The lowest BCUT2D eigenvalue weighted by atomic mass is 10.0. The van der Waals surface area contributed by atoms with E-state index in [1.165, 1.54) is 0 Å². The highest BCUT2D eigenvalue weighted by Crippen LogP contribution is 2.19. The van der Waals surface area contributed by atoms with Gasteiger partial charge in [-0.3, -0.25) is 0 Å². The zero-order chi connectivity index (χ0) is 14.7. The van der Waals surface area contributed by atoms with Crippen molar-refractivity contribution >= 4 is 11.7 Å². The third-order valence-electron chi connectivity index (χ3n) is 3.83. The van der Waals surface area contributed by atoms with Crippen molar-refractivity contribution < 1.29 is 4.79 Å². The number of piperidine rings is 1. The van der Waals surface area contributed by atoms with Gasteiger partial charge in [-0.15, -0.1) is 0 Å². The number of benzene rings is 1. The number of amides is 2. The predicted molar refractivity (Wildman–Crippen MR) is 81.4 cm³/mol. The van der Waals surface area contributed by atoms with Crippen molar-refractivity contribution in [1.29, 1.82) is 0 Å². The fraction of sp³-hybridized carbons (Fsp3) is 0.333. The fourth-order valence-corrected chi connectivity index (χ4v) is 2.65. The number of nitrogens with one attached hydrogen (secondary N) is 1. The molecule has 6 heteroatoms. The summed E-state index contributed by atoms with van der Waals surface area (Å²) in [6.45, 7) is 1.43. The number of hydrogen-bond donors (Lipinski definition) is 2. The van der Waals surface area contributed by atoms with Crippen molar-refractivity contribution in [2.75, 3.05) is 18.4 Å². The van der Waals surface area contributed by atoms with Crippen molar-refractivity contribution in [2.24, 2.45) is 5.73 Å². The molecule has 21 heavy (non-hydrogen) atoms. The first-order valence-corrected chi connectivity index (χ1v) is 7.12. The number of nitrogens with two attached hydrogens (primary N) is 1. The number of rotatable bonds is 3. The molecule has 0 aliphatic carbocycles. The first-order chi connectivity index (χ1) is 10.2. The van der Waals surface area contributed by atoms with Gasteiger partial charge < -0.3 is 20.5 Å². The van der Waals surface area contributed by atoms with Crippen LogP contribution in [0, 0.1) is 0 Å². The molecule has 2 amide bonds. The second kappa shape index (κ2) is 5.87. The quantitative estimate of drug-likeness (QED) is 0.903. The van der Waals surface area contributed by atoms with E-state index in [2.05, 4.69) is 22.4 Å². The molecular formula is C15H19N5O. The highest BCUT2D eigenvalue weighted by Gasteiger charge is 2.20. The van der Waals surface area contributed by atoms with Crippen molar-refractivity contribution in [3.63, 3.8) is 0 Å². The number of carbonyl (C=O) groups excluding carboxylic acids is 1. The maximum Gasteiger partial charge on any atom is 0.314 e. The van der Waals surface area contributed by atoms with Crippen LogP contribution in [0.25, 0.3) is 5.69 Å². The van der Waals surface area contributed by atoms with Gasteiger partial charge in [0.05, 0.1) is 6.33 Å². The Balaban J connectivity index is 1.64. The maximum absolute atomic E-state index is 11.1. The van der Waals surface area contributed by atoms with Gasteiger partial charge in [-0.2, -0.15) is 0 Å². The molecule has 110 valence electrons. The summed E-state index contributed by atoms with van der Waals surface area (Å²) in [4.78, 5) is 16.9. The molecule has 1 fully saturated rings. The second-order valence-corrected chi connectivity index (χ2v) is 5.26. The number of carbonyl (C=O) groups is 1. The first-order valence-electron chi connectivity index (χ1n) is 7.12. The van der Waals surface area contributed by atoms with Crippen LogP contribution in [-0.2, 0) is 0 Å². The number of anilines is 1. The van der Waals surface area contributed by atoms with Crippen LogP contribution in [0.4, 0.5) is 10.5 Å². The molecule has 0 unspecified atom stereocenters. The molecule has 0 spiro atoms. The largest absolute Gasteiger partial charge is 0.382 e. The molecule has 3 rings (SSSR count). The minimum Gasteiger partial charge on any atom is -0.382 e. The standard InChI is InChI=1S/C15H19N5O/c16-15(21)19-7-4-12(5-8-19)18-13-2-1-3-14(10-13)20-9-6-17-11-20/h1-3,6,9-12,18H,4-5,7-8H2,(H2,16,21). The number of hydrogen-bond acceptors (Lipinski definition) is 3. The predicted octanol–water partition coefficient (Wildman–Crippen LogP) is 1.83. The van der Waals surface area contributed by atoms with E-state index in [0.717, 1.165) is 24.2 Å². The molecule has 1 aromatic carbocycles. The lowest BCUT2D eigenvalue weighted by Crippen LogP contribution is -2.44. The summed E-state index contributed by atoms with van der Waals surface area (Å²) in [5.41, 5.74) is 7.46. The number of imidazole rings is 1. The van der Waals surface area contributed by atoms with Crippen LogP contribution in [0.1, 0.15) is 12.8 Å². The van der Waals surface area contributed by atoms with Gasteiger partial charge in [0.2, 0.25) is 0 Å². The van der Waals surface area contributed by atoms with Crippen LogP contribution in [0.3, 0.4) is 0 Å². The summed E-state index contributed by atoms with van der Waals surface area (Å²) in [6, 6.07) is 8.27. The molecule has 0 radical (unpaired) electrons. The summed E-state index contributed by atoms with van der Waals surface area (Å²) < 4.78 is 1.97. The van der Waals surface area contributed by atoms with Gasteiger partial charge >= 0.3 is 6.03 Å². The minimum atomic E-state index is -0.324. The topological polar surface area (TPSA) is 76.2 Å². The van der Waals surface area contributed by atoms with Crippen molar-refractivity contribution in [1.82, 2.24) is 14.5 Å². The van der Waals surface area contributed by atoms with Crippen LogP contribution in [0.15, 0.2) is 43.0 Å². The zero-order valence-electron chi connectivity index (χ0n) is 11.8. The average Bonchev–Trinajstić information content (AvgIpc) is 3.02. The smallest absolute Gasteiger partial charge is 0.314 e. The van der Waals surface area contributed by atoms with E-state index >= 15 is 0 Å². The molecule has 1 aliphatic heterocycles. The van der Waals surface area contributed by atoms with E-state index in [-0.39, 0.29) is 6.03 Å². The van der Waals surface area contributed by atoms with Gasteiger partial charge in [0.25, 0.3) is 0 Å². The lowest BCUT2D eigenvalue weighted by molar-refractivity contribution is 0.193. The number of urea groups is 1. The zero-order valence-corrected chi connectivity index (χ0v) is 11.8. The second-order valence-electron chi connectivity index (χ2n) is 5.26. The Morgan fingerprint density at radius 3 is 2.81 bits per heavy atom. The third-order valence-corrected chi connectivity index (χ3v) is 3.83. The van der Waals surface area contributed by atoms with Crippen LogP contribution >= 0.6 is 0 Å². The van der Waals surface area contributed by atoms with E-state index < -0.39 is 0 Å². The van der Waals surface area contributed by atoms with E-state index in [1.807, 2.05) is 22.9 Å². The SMILES string of the molecule is NC(=O)N1CCC(Nc2cccc(-n3ccnc3)c2)CC1. The van der Waals surface area contributed by atoms with E-state index in [0.29, 0.717) is 19.1 Å². The van der Waals surface area contributed by atoms with Crippen LogP contribution < -0.4 is 11.1 Å². The van der Waals surface area contributed by atoms with Gasteiger partial charge in [0.15, 0.2) is 0 Å². The summed E-state index contributed by atoms with van der Waals surface area (Å²) in [5, 5.41) is 3.53. The molecule has 0 bridgehead atoms. The van der Waals surface area contributed by atoms with Crippen molar-refractivity contribution in [2.45, 2.75) is 18.9 Å². The van der Waals surface area contributed by atoms with Gasteiger partial charge in [-0.25, -0.2) is 9.78 Å². The first kappa shape index (κ1) is 13.5. The molecule has 2 heterocycles. The van der Waals surface area contributed by atoms with Gasteiger partial charge in [0, 0.05) is 42.9 Å². The highest BCUT2D eigenvalue weighted by molar-refractivity contribution is 5.72. The number of likely N-dealkylation sites (tertiary alicyclic amines) is 1. The molecule has 6 nitrogen and oxygen atoms in total. The van der Waals surface area contributed by atoms with Crippen molar-refractivity contribution in [3.05, 3.63) is 43.0 Å². The van der Waals surface area contributed by atoms with Crippen LogP contribution in [0.5, 0.6) is 0 Å². The number of primary amides is 1. The molecule has 0 saturated carbocycles. The molecule has 2 aromatic rings. The van der Waals surface area contributed by atoms with E-state index in [1.54, 1.807) is 17.4 Å². The Kier molecular flexibility index (Phi) is 3.77. The molecule has 1 aromatic heterocycles. The summed E-state index contributed by atoms with van der Waals surface area (Å²) >= 11 is 0. The van der Waals surface area contributed by atoms with Gasteiger partial charge in [0.1, 0.15) is 0 Å². The van der Waals surface area contributed by atoms with Crippen molar-refractivity contribution in [3.8, 4) is 5.69 Å². The van der Waals surface area contributed by atoms with Crippen LogP contribution in [0.2, 0.25) is 0 Å². The fourth-order valence-electron chi connectivity index (χ4n) is 2.65. The summed E-state index contributed by atoms with van der Waals surface area (Å²) in [5.74, 6) is 0. The van der Waals surface area contributed by atoms with E-state index in [9.17, 15) is 4.79 Å². The lowest BCUT2D eigenvalue weighted by Gasteiger charge is -2.31. The minimum absolute atomic E-state index is 0.324. The Hall–Kier alpha value is -2.50. The van der Waals surface area contributed by atoms with Gasteiger partial charge in [-0.05, 0) is 31.0 Å². The van der Waals surface area contributed by atoms with Gasteiger partial charge in [-0.1, -0.05) is 6.07 Å². The molecule has 1 aliphatic rings. The maximum atomic E-state index is 11.1. The Morgan fingerprint density at radius 2 is 2.14 bits per heavy atom. The highest BCUT2D eigenvalue weighted by atomic mass is 16.2. The Labute approximate surface area is 123 Å². The molecule has 1 saturated heterocycles. The summed E-state index contributed by atoms with van der Waals surface area (Å²) in [7, 11) is 0. The average molecular weight is 285 g/mol. The normalized spacial score (nSPS) is 15.9. The number of nitrogens with zero attached hydrogens (tertiary/aromatic N) is 3. The van der Waals surface area contributed by atoms with Crippen LogP contribution in [-0.4, -0.2) is 39.6 Å². The Bertz CT molecular complexity index is 602. The monoisotopic (exact) mass is 285 g/mol. The Morgan fingerprint density at radius 1 is 1.33 bits per heavy atom.